The van der Waals surface area contributed by atoms with E-state index in [1.54, 1.807) is 24.3 Å². The molecule has 3 rings (SSSR count). The third kappa shape index (κ3) is 5.56. The van der Waals surface area contributed by atoms with Crippen molar-refractivity contribution in [1.29, 1.82) is 0 Å². The number of rotatable bonds is 7. The summed E-state index contributed by atoms with van der Waals surface area (Å²) in [6, 6.07) is 12.7. The molecule has 1 aliphatic rings. The average molecular weight is 433 g/mol. The molecule has 1 amide bonds. The van der Waals surface area contributed by atoms with Crippen LogP contribution in [0.5, 0.6) is 5.75 Å². The highest BCUT2D eigenvalue weighted by Crippen LogP contribution is 2.21. The predicted molar refractivity (Wildman–Crippen MR) is 114 cm³/mol. The lowest BCUT2D eigenvalue weighted by Crippen LogP contribution is -2.46. The molecule has 0 saturated carbocycles. The van der Waals surface area contributed by atoms with E-state index in [1.807, 2.05) is 25.1 Å². The second-order valence-electron chi connectivity index (χ2n) is 7.48. The van der Waals surface area contributed by atoms with Gasteiger partial charge in [0.15, 0.2) is 0 Å². The van der Waals surface area contributed by atoms with Gasteiger partial charge >= 0.3 is 0 Å². The summed E-state index contributed by atoms with van der Waals surface area (Å²) >= 11 is 0. The summed E-state index contributed by atoms with van der Waals surface area (Å²) in [5.41, 5.74) is 2.27. The summed E-state index contributed by atoms with van der Waals surface area (Å²) in [6.07, 6.45) is 1.20. The van der Waals surface area contributed by atoms with Crippen LogP contribution in [-0.2, 0) is 16.8 Å². The first kappa shape index (κ1) is 22.2. The number of nitrogens with zero attached hydrogens (tertiary/aromatic N) is 3. The first-order valence-electron chi connectivity index (χ1n) is 9.91. The number of aromatic nitrogens is 1. The number of amides is 1. The zero-order valence-corrected chi connectivity index (χ0v) is 18.4. The van der Waals surface area contributed by atoms with E-state index in [1.165, 1.54) is 22.7 Å². The summed E-state index contributed by atoms with van der Waals surface area (Å²) < 4.78 is 33.0. The van der Waals surface area contributed by atoms with Crippen molar-refractivity contribution in [2.75, 3.05) is 27.2 Å². The zero-order valence-electron chi connectivity index (χ0n) is 17.5. The lowest BCUT2D eigenvalue weighted by atomic mass is 10.1. The highest BCUT2D eigenvalue weighted by atomic mass is 32.2. The van der Waals surface area contributed by atoms with E-state index in [2.05, 4.69) is 10.3 Å². The van der Waals surface area contributed by atoms with E-state index in [-0.39, 0.29) is 12.0 Å². The standard InChI is InChI=1S/C21H28N4O4S/c1-16-5-4-6-18(23-16)15-22-21(26)17-7-9-19(10-8-17)29-20-11-13-25(14-12-20)30(27,28)24(2)3/h4-10,20H,11-15H2,1-3H3,(H,22,26). The van der Waals surface area contributed by atoms with Gasteiger partial charge in [-0.15, -0.1) is 0 Å². The molecular weight excluding hydrogens is 404 g/mol. The van der Waals surface area contributed by atoms with Crippen LogP contribution in [0.25, 0.3) is 0 Å². The van der Waals surface area contributed by atoms with E-state index in [4.69, 9.17) is 4.74 Å². The number of hydrogen-bond acceptors (Lipinski definition) is 5. The molecule has 0 atom stereocenters. The Kier molecular flexibility index (Phi) is 7.06. The van der Waals surface area contributed by atoms with Crippen LogP contribution in [-0.4, -0.2) is 61.2 Å². The Morgan fingerprint density at radius 2 is 1.83 bits per heavy atom. The quantitative estimate of drug-likeness (QED) is 0.722. The molecule has 30 heavy (non-hydrogen) atoms. The molecule has 9 heteroatoms. The third-order valence-corrected chi connectivity index (χ3v) is 6.92. The highest BCUT2D eigenvalue weighted by molar-refractivity contribution is 7.86. The number of carbonyl (C=O) groups excluding carboxylic acids is 1. The van der Waals surface area contributed by atoms with E-state index < -0.39 is 10.2 Å². The maximum Gasteiger partial charge on any atom is 0.281 e. The van der Waals surface area contributed by atoms with Crippen LogP contribution in [0.1, 0.15) is 34.6 Å². The molecule has 0 bridgehead atoms. The Labute approximate surface area is 178 Å². The molecule has 0 radical (unpaired) electrons. The molecule has 0 unspecified atom stereocenters. The topological polar surface area (TPSA) is 91.8 Å². The number of pyridine rings is 1. The van der Waals surface area contributed by atoms with E-state index in [0.29, 0.717) is 43.8 Å². The zero-order chi connectivity index (χ0) is 21.7. The second-order valence-corrected chi connectivity index (χ2v) is 9.63. The Bertz CT molecular complexity index is 969. The Morgan fingerprint density at radius 3 is 2.43 bits per heavy atom. The molecule has 2 heterocycles. The Balaban J connectivity index is 1.49. The summed E-state index contributed by atoms with van der Waals surface area (Å²) in [4.78, 5) is 16.7. The molecule has 1 aromatic heterocycles. The molecule has 1 saturated heterocycles. The monoisotopic (exact) mass is 432 g/mol. The molecule has 1 aromatic carbocycles. The number of piperidine rings is 1. The third-order valence-electron chi connectivity index (χ3n) is 4.98. The predicted octanol–water partition coefficient (Wildman–Crippen LogP) is 1.97. The molecule has 2 aromatic rings. The number of hydrogen-bond donors (Lipinski definition) is 1. The smallest absolute Gasteiger partial charge is 0.281 e. The maximum atomic E-state index is 12.3. The largest absolute Gasteiger partial charge is 0.490 e. The first-order chi connectivity index (χ1) is 14.3. The lowest BCUT2D eigenvalue weighted by molar-refractivity contribution is 0.0950. The summed E-state index contributed by atoms with van der Waals surface area (Å²) in [6.45, 7) is 3.14. The van der Waals surface area contributed by atoms with Gasteiger partial charge in [0, 0.05) is 38.4 Å². The van der Waals surface area contributed by atoms with E-state index in [0.717, 1.165) is 11.4 Å². The fraction of sp³-hybridized carbons (Fsp3) is 0.429. The van der Waals surface area contributed by atoms with Crippen molar-refractivity contribution in [1.82, 2.24) is 18.9 Å². The normalized spacial score (nSPS) is 15.9. The van der Waals surface area contributed by atoms with Gasteiger partial charge in [0.1, 0.15) is 11.9 Å². The van der Waals surface area contributed by atoms with Gasteiger partial charge in [-0.2, -0.15) is 17.0 Å². The molecule has 1 N–H and O–H groups in total. The van der Waals surface area contributed by atoms with Crippen LogP contribution in [0.15, 0.2) is 42.5 Å². The van der Waals surface area contributed by atoms with E-state index >= 15 is 0 Å². The number of ether oxygens (including phenoxy) is 1. The van der Waals surface area contributed by atoms with Gasteiger partial charge in [0.25, 0.3) is 16.1 Å². The van der Waals surface area contributed by atoms with Crippen molar-refractivity contribution < 1.29 is 17.9 Å². The molecule has 1 aliphatic heterocycles. The number of carbonyl (C=O) groups is 1. The average Bonchev–Trinajstić information content (AvgIpc) is 2.73. The van der Waals surface area contributed by atoms with Crippen LogP contribution in [0.4, 0.5) is 0 Å². The SMILES string of the molecule is Cc1cccc(CNC(=O)c2ccc(OC3CCN(S(=O)(=O)N(C)C)CC3)cc2)n1. The van der Waals surface area contributed by atoms with Gasteiger partial charge < -0.3 is 10.1 Å². The molecule has 0 aliphatic carbocycles. The summed E-state index contributed by atoms with van der Waals surface area (Å²) in [5, 5.41) is 2.86. The minimum absolute atomic E-state index is 0.0503. The molecule has 162 valence electrons. The summed E-state index contributed by atoms with van der Waals surface area (Å²) in [5.74, 6) is 0.493. The highest BCUT2D eigenvalue weighted by Gasteiger charge is 2.30. The molecular formula is C21H28N4O4S. The van der Waals surface area contributed by atoms with Crippen LogP contribution < -0.4 is 10.1 Å². The number of benzene rings is 1. The van der Waals surface area contributed by atoms with Gasteiger partial charge in [-0.25, -0.2) is 0 Å². The van der Waals surface area contributed by atoms with Crippen LogP contribution in [0, 0.1) is 6.92 Å². The fourth-order valence-electron chi connectivity index (χ4n) is 3.26. The van der Waals surface area contributed by atoms with Gasteiger partial charge in [0.05, 0.1) is 12.2 Å². The van der Waals surface area contributed by atoms with E-state index in [9.17, 15) is 13.2 Å². The van der Waals surface area contributed by atoms with Gasteiger partial charge in [-0.3, -0.25) is 9.78 Å². The minimum atomic E-state index is -3.38. The van der Waals surface area contributed by atoms with Crippen LogP contribution in [0.2, 0.25) is 0 Å². The fourth-order valence-corrected chi connectivity index (χ4v) is 4.39. The van der Waals surface area contributed by atoms with Crippen molar-refractivity contribution in [2.24, 2.45) is 0 Å². The second kappa shape index (κ2) is 9.55. The van der Waals surface area contributed by atoms with Gasteiger partial charge in [0.2, 0.25) is 0 Å². The molecule has 0 spiro atoms. The van der Waals surface area contributed by atoms with Crippen molar-refractivity contribution in [3.05, 3.63) is 59.4 Å². The van der Waals surface area contributed by atoms with Crippen molar-refractivity contribution >= 4 is 16.1 Å². The van der Waals surface area contributed by atoms with Crippen LogP contribution >= 0.6 is 0 Å². The van der Waals surface area contributed by atoms with Gasteiger partial charge in [-0.05, 0) is 56.2 Å². The minimum Gasteiger partial charge on any atom is -0.490 e. The Morgan fingerprint density at radius 1 is 1.17 bits per heavy atom. The lowest BCUT2D eigenvalue weighted by Gasteiger charge is -2.32. The maximum absolute atomic E-state index is 12.3. The first-order valence-corrected chi connectivity index (χ1v) is 11.3. The van der Waals surface area contributed by atoms with Gasteiger partial charge in [-0.1, -0.05) is 6.07 Å². The van der Waals surface area contributed by atoms with Crippen molar-refractivity contribution in [2.45, 2.75) is 32.4 Å². The Hall–Kier alpha value is -2.49. The molecule has 1 fully saturated rings. The van der Waals surface area contributed by atoms with Crippen molar-refractivity contribution in [3.8, 4) is 5.75 Å². The molecule has 8 nitrogen and oxygen atoms in total. The summed E-state index contributed by atoms with van der Waals surface area (Å²) in [7, 11) is -0.308. The number of nitrogens with one attached hydrogen (secondary N) is 1. The van der Waals surface area contributed by atoms with Crippen LogP contribution in [0.3, 0.4) is 0 Å². The number of aryl methyl sites for hydroxylation is 1. The van der Waals surface area contributed by atoms with Crippen molar-refractivity contribution in [3.63, 3.8) is 0 Å².